The van der Waals surface area contributed by atoms with Crippen LogP contribution in [-0.4, -0.2) is 97.3 Å². The molecule has 6 atom stereocenters. The zero-order valence-electron chi connectivity index (χ0n) is 18.5. The Morgan fingerprint density at radius 2 is 1.97 bits per heavy atom. The Morgan fingerprint density at radius 3 is 2.70 bits per heavy atom. The van der Waals surface area contributed by atoms with E-state index in [9.17, 15) is 9.90 Å². The highest BCUT2D eigenvalue weighted by Gasteiger charge is 2.59. The van der Waals surface area contributed by atoms with Crippen LogP contribution in [0.25, 0.3) is 0 Å². The largest absolute Gasteiger partial charge is 0.461 e. The summed E-state index contributed by atoms with van der Waals surface area (Å²) in [7, 11) is 0. The topological polar surface area (TPSA) is 82.5 Å². The minimum atomic E-state index is -0.529. The summed E-state index contributed by atoms with van der Waals surface area (Å²) in [6.07, 6.45) is 4.52. The van der Waals surface area contributed by atoms with Crippen molar-refractivity contribution in [2.24, 2.45) is 23.2 Å². The number of nitrogens with zero attached hydrogens (tertiary/aromatic N) is 2. The number of fused-ring (bicyclic) bond motifs is 2. The number of carbonyl (C=O) groups excluding carboxylic acids is 1. The number of carbonyl (C=O) groups is 1. The SMILES string of the molecule is C[C@@H]1CCC=C2C[C@H]3OC(=O)[C@@H](CN4CCN(CCOCCO)CC4)[C@H]3[C@H](O)[C@@]21C. The van der Waals surface area contributed by atoms with Crippen molar-refractivity contribution in [1.29, 1.82) is 0 Å². The Bertz CT molecular complexity index is 648. The summed E-state index contributed by atoms with van der Waals surface area (Å²) in [6.45, 7) is 10.8. The number of allylic oxidation sites excluding steroid dienone is 1. The number of rotatable bonds is 7. The van der Waals surface area contributed by atoms with E-state index in [0.29, 0.717) is 25.7 Å². The van der Waals surface area contributed by atoms with Crippen molar-refractivity contribution in [2.45, 2.75) is 45.3 Å². The third-order valence-electron chi connectivity index (χ3n) is 8.28. The summed E-state index contributed by atoms with van der Waals surface area (Å²) in [5, 5.41) is 20.3. The van der Waals surface area contributed by atoms with Gasteiger partial charge in [-0.1, -0.05) is 25.5 Å². The maximum Gasteiger partial charge on any atom is 0.311 e. The molecule has 2 heterocycles. The fourth-order valence-corrected chi connectivity index (χ4v) is 6.11. The Labute approximate surface area is 180 Å². The van der Waals surface area contributed by atoms with Gasteiger partial charge in [-0.2, -0.15) is 0 Å². The molecule has 0 aromatic carbocycles. The Balaban J connectivity index is 1.36. The van der Waals surface area contributed by atoms with Gasteiger partial charge in [0.15, 0.2) is 0 Å². The van der Waals surface area contributed by atoms with Crippen molar-refractivity contribution >= 4 is 5.97 Å². The number of ether oxygens (including phenoxy) is 2. The summed E-state index contributed by atoms with van der Waals surface area (Å²) in [6, 6.07) is 0. The minimum Gasteiger partial charge on any atom is -0.461 e. The number of aliphatic hydroxyl groups is 2. The van der Waals surface area contributed by atoms with Crippen LogP contribution in [0.2, 0.25) is 0 Å². The molecule has 0 unspecified atom stereocenters. The van der Waals surface area contributed by atoms with E-state index in [0.717, 1.165) is 52.0 Å². The molecule has 2 aliphatic carbocycles. The van der Waals surface area contributed by atoms with E-state index in [2.05, 4.69) is 29.7 Å². The fraction of sp³-hybridized carbons (Fsp3) is 0.870. The van der Waals surface area contributed by atoms with Crippen LogP contribution >= 0.6 is 0 Å². The molecule has 0 aromatic heterocycles. The van der Waals surface area contributed by atoms with E-state index in [-0.39, 0.29) is 35.9 Å². The van der Waals surface area contributed by atoms with Crippen LogP contribution in [0.15, 0.2) is 11.6 Å². The lowest BCUT2D eigenvalue weighted by Gasteiger charge is -2.52. The zero-order chi connectivity index (χ0) is 21.3. The molecule has 2 aliphatic heterocycles. The second kappa shape index (κ2) is 9.25. The van der Waals surface area contributed by atoms with Gasteiger partial charge in [-0.15, -0.1) is 0 Å². The summed E-state index contributed by atoms with van der Waals surface area (Å²) in [4.78, 5) is 17.5. The standard InChI is InChI=1S/C23H38N2O5/c1-16-4-3-5-17-14-19-20(21(27)23(16,17)2)18(22(28)30-19)15-25-8-6-24(7-9-25)10-12-29-13-11-26/h5,16,18-21,26-27H,3-4,6-15H2,1-2H3/t16-,18+,19-,20-,21+,23-/m1/s1. The average molecular weight is 423 g/mol. The molecule has 2 N–H and O–H groups in total. The van der Waals surface area contributed by atoms with Crippen LogP contribution in [0.3, 0.4) is 0 Å². The minimum absolute atomic E-state index is 0.0639. The highest BCUT2D eigenvalue weighted by Crippen LogP contribution is 2.56. The number of aliphatic hydroxyl groups excluding tert-OH is 2. The van der Waals surface area contributed by atoms with Gasteiger partial charge in [0.25, 0.3) is 0 Å². The third-order valence-corrected chi connectivity index (χ3v) is 8.28. The Hall–Kier alpha value is -0.990. The van der Waals surface area contributed by atoms with Crippen LogP contribution in [0, 0.1) is 23.2 Å². The lowest BCUT2D eigenvalue weighted by Crippen LogP contribution is -2.55. The van der Waals surface area contributed by atoms with Gasteiger partial charge in [0.1, 0.15) is 6.10 Å². The van der Waals surface area contributed by atoms with Crippen molar-refractivity contribution < 1.29 is 24.5 Å². The molecule has 7 nitrogen and oxygen atoms in total. The van der Waals surface area contributed by atoms with E-state index in [1.54, 1.807) is 0 Å². The van der Waals surface area contributed by atoms with Crippen LogP contribution < -0.4 is 0 Å². The predicted octanol–water partition coefficient (Wildman–Crippen LogP) is 0.898. The molecule has 30 heavy (non-hydrogen) atoms. The second-order valence-corrected chi connectivity index (χ2v) is 9.78. The van der Waals surface area contributed by atoms with Crippen molar-refractivity contribution in [3.05, 3.63) is 11.6 Å². The molecule has 4 aliphatic rings. The van der Waals surface area contributed by atoms with Gasteiger partial charge < -0.3 is 19.7 Å². The maximum absolute atomic E-state index is 12.8. The quantitative estimate of drug-likeness (QED) is 0.358. The van der Waals surface area contributed by atoms with E-state index in [4.69, 9.17) is 14.6 Å². The molecular formula is C23H38N2O5. The molecule has 7 heteroatoms. The Kier molecular flexibility index (Phi) is 6.85. The lowest BCUT2D eigenvalue weighted by molar-refractivity contribution is -0.145. The van der Waals surface area contributed by atoms with Gasteiger partial charge in [0.05, 0.1) is 31.8 Å². The van der Waals surface area contributed by atoms with Gasteiger partial charge in [-0.25, -0.2) is 0 Å². The highest BCUT2D eigenvalue weighted by molar-refractivity contribution is 5.76. The van der Waals surface area contributed by atoms with Crippen LogP contribution in [-0.2, 0) is 14.3 Å². The summed E-state index contributed by atoms with van der Waals surface area (Å²) >= 11 is 0. The van der Waals surface area contributed by atoms with E-state index in [1.807, 2.05) is 0 Å². The van der Waals surface area contributed by atoms with Gasteiger partial charge in [0.2, 0.25) is 0 Å². The predicted molar refractivity (Wildman–Crippen MR) is 113 cm³/mol. The highest BCUT2D eigenvalue weighted by atomic mass is 16.6. The first-order chi connectivity index (χ1) is 14.4. The Morgan fingerprint density at radius 1 is 1.23 bits per heavy atom. The summed E-state index contributed by atoms with van der Waals surface area (Å²) in [5.41, 5.74) is 1.05. The molecule has 4 rings (SSSR count). The van der Waals surface area contributed by atoms with Gasteiger partial charge in [-0.3, -0.25) is 14.6 Å². The average Bonchev–Trinajstić information content (AvgIpc) is 3.04. The molecule has 1 saturated carbocycles. The fourth-order valence-electron chi connectivity index (χ4n) is 6.11. The third kappa shape index (κ3) is 4.07. The first kappa shape index (κ1) is 22.2. The molecule has 3 fully saturated rings. The molecule has 0 amide bonds. The smallest absolute Gasteiger partial charge is 0.311 e. The molecule has 170 valence electrons. The first-order valence-corrected chi connectivity index (χ1v) is 11.7. The summed E-state index contributed by atoms with van der Waals surface area (Å²) < 4.78 is 11.2. The van der Waals surface area contributed by atoms with Gasteiger partial charge >= 0.3 is 5.97 Å². The molecular weight excluding hydrogens is 384 g/mol. The van der Waals surface area contributed by atoms with E-state index < -0.39 is 6.10 Å². The molecule has 2 saturated heterocycles. The summed E-state index contributed by atoms with van der Waals surface area (Å²) in [5.74, 6) is -0.0529. The van der Waals surface area contributed by atoms with E-state index >= 15 is 0 Å². The molecule has 0 spiro atoms. The van der Waals surface area contributed by atoms with Crippen LogP contribution in [0.5, 0.6) is 0 Å². The zero-order valence-corrected chi connectivity index (χ0v) is 18.5. The number of piperazine rings is 1. The van der Waals surface area contributed by atoms with E-state index in [1.165, 1.54) is 5.57 Å². The van der Waals surface area contributed by atoms with Crippen molar-refractivity contribution in [1.82, 2.24) is 9.80 Å². The molecule has 0 radical (unpaired) electrons. The molecule has 0 aromatic rings. The van der Waals surface area contributed by atoms with Crippen LogP contribution in [0.1, 0.15) is 33.1 Å². The van der Waals surface area contributed by atoms with Crippen molar-refractivity contribution in [3.63, 3.8) is 0 Å². The monoisotopic (exact) mass is 422 g/mol. The van der Waals surface area contributed by atoms with Crippen molar-refractivity contribution in [3.8, 4) is 0 Å². The lowest BCUT2D eigenvalue weighted by atomic mass is 9.55. The number of esters is 1. The molecule has 0 bridgehead atoms. The van der Waals surface area contributed by atoms with Gasteiger partial charge in [-0.05, 0) is 18.8 Å². The van der Waals surface area contributed by atoms with Crippen molar-refractivity contribution in [2.75, 3.05) is 59.1 Å². The number of hydrogen-bond donors (Lipinski definition) is 2. The number of hydrogen-bond acceptors (Lipinski definition) is 7. The second-order valence-electron chi connectivity index (χ2n) is 9.78. The maximum atomic E-state index is 12.8. The first-order valence-electron chi connectivity index (χ1n) is 11.7. The van der Waals surface area contributed by atoms with Gasteiger partial charge in [0, 0.05) is 57.0 Å². The van der Waals surface area contributed by atoms with Crippen LogP contribution in [0.4, 0.5) is 0 Å². The normalized spacial score (nSPS) is 39.9.